The van der Waals surface area contributed by atoms with Gasteiger partial charge in [0.15, 0.2) is 12.2 Å². The SMILES string of the molecule is CCCCCC/C=C\C=C/CCCCCCCC(=O)O[C@H](COC(=O)CCCCCCCCCCCCC(C)C)COP(=O)(O)OC[C@@H](O)COP(=O)(O)OC[C@@H](COC(=O)CCCCCCCCC(C)CC)OC(=O)CCCCCCCCC(C)CC. The molecule has 0 fully saturated rings. The van der Waals surface area contributed by atoms with Gasteiger partial charge in [-0.05, 0) is 69.1 Å². The van der Waals surface area contributed by atoms with Crippen LogP contribution in [0.1, 0.15) is 318 Å². The number of phosphoric ester groups is 2. The molecule has 17 nitrogen and oxygen atoms in total. The minimum absolute atomic E-state index is 0.0841. The van der Waals surface area contributed by atoms with Gasteiger partial charge in [-0.25, -0.2) is 9.13 Å². The fourth-order valence-corrected chi connectivity index (χ4v) is 11.3. The number of ether oxygens (including phenoxy) is 4. The maximum atomic E-state index is 13.0. The average Bonchev–Trinajstić information content (AvgIpc) is 3.43. The lowest BCUT2D eigenvalue weighted by atomic mass is 10.00. The molecule has 0 aliphatic heterocycles. The van der Waals surface area contributed by atoms with E-state index in [2.05, 4.69) is 72.8 Å². The van der Waals surface area contributed by atoms with Crippen LogP contribution in [0.3, 0.4) is 0 Å². The molecule has 0 saturated heterocycles. The number of allylic oxidation sites excluding steroid dienone is 4. The minimum atomic E-state index is -4.96. The highest BCUT2D eigenvalue weighted by Crippen LogP contribution is 2.45. The van der Waals surface area contributed by atoms with Gasteiger partial charge in [-0.3, -0.25) is 37.3 Å². The van der Waals surface area contributed by atoms with Gasteiger partial charge in [0.05, 0.1) is 26.4 Å². The van der Waals surface area contributed by atoms with Crippen molar-refractivity contribution in [2.45, 2.75) is 336 Å². The molecule has 0 aliphatic rings. The molecular weight excluding hydrogens is 1160 g/mol. The molecule has 0 spiro atoms. The summed E-state index contributed by atoms with van der Waals surface area (Å²) in [6.07, 6.45) is 45.3. The van der Waals surface area contributed by atoms with Crippen LogP contribution in [0.4, 0.5) is 0 Å². The van der Waals surface area contributed by atoms with Gasteiger partial charge in [0.25, 0.3) is 0 Å². The van der Waals surface area contributed by atoms with Gasteiger partial charge in [-0.15, -0.1) is 0 Å². The molecule has 7 atom stereocenters. The summed E-state index contributed by atoms with van der Waals surface area (Å²) in [6.45, 7) is 11.7. The Morgan fingerprint density at radius 3 is 1.01 bits per heavy atom. The van der Waals surface area contributed by atoms with E-state index in [1.165, 1.54) is 109 Å². The van der Waals surface area contributed by atoms with Gasteiger partial charge in [0, 0.05) is 25.7 Å². The minimum Gasteiger partial charge on any atom is -0.462 e. The van der Waals surface area contributed by atoms with E-state index in [-0.39, 0.29) is 25.7 Å². The van der Waals surface area contributed by atoms with Gasteiger partial charge >= 0.3 is 39.5 Å². The van der Waals surface area contributed by atoms with E-state index in [0.717, 1.165) is 127 Å². The highest BCUT2D eigenvalue weighted by molar-refractivity contribution is 7.47. The molecule has 88 heavy (non-hydrogen) atoms. The summed E-state index contributed by atoms with van der Waals surface area (Å²) in [5, 5.41) is 10.6. The molecule has 0 saturated carbocycles. The zero-order chi connectivity index (χ0) is 65.2. The quantitative estimate of drug-likeness (QED) is 0.0169. The van der Waals surface area contributed by atoms with E-state index in [9.17, 15) is 43.2 Å². The van der Waals surface area contributed by atoms with Crippen LogP contribution in [-0.2, 0) is 65.4 Å². The molecule has 4 unspecified atom stereocenters. The van der Waals surface area contributed by atoms with Gasteiger partial charge in [0.2, 0.25) is 0 Å². The molecule has 3 N–H and O–H groups in total. The number of phosphoric acid groups is 2. The van der Waals surface area contributed by atoms with Crippen molar-refractivity contribution >= 4 is 39.5 Å². The predicted molar refractivity (Wildman–Crippen MR) is 354 cm³/mol. The molecule has 518 valence electrons. The molecule has 0 rings (SSSR count). The standard InChI is InChI=1S/C69H130O17P2/c1-8-11-12-13-14-15-16-17-18-19-20-25-28-38-45-52-68(73)85-64(56-79-66(71)50-43-36-27-24-22-21-23-26-33-40-47-60(4)5)58-83-87(75,76)81-54-63(70)55-82-88(77,78)84-59-65(86-69(74)53-46-39-32-30-35-42-49-62(7)10-3)57-80-67(72)51-44-37-31-29-34-41-48-61(6)9-2/h15-18,60-65,70H,8-14,19-59H2,1-7H3,(H,75,76)(H,77,78)/b16-15-,18-17-/t61?,62?,63-,64-,65-/m1/s1. The first kappa shape index (κ1) is 85.5. The monoisotopic (exact) mass is 1290 g/mol. The Bertz CT molecular complexity index is 1830. The number of hydrogen-bond donors (Lipinski definition) is 3. The van der Waals surface area contributed by atoms with Crippen molar-refractivity contribution in [3.05, 3.63) is 24.3 Å². The maximum Gasteiger partial charge on any atom is 0.472 e. The lowest BCUT2D eigenvalue weighted by Gasteiger charge is -2.21. The summed E-state index contributed by atoms with van der Waals surface area (Å²) in [6, 6.07) is 0. The Morgan fingerprint density at radius 1 is 0.375 bits per heavy atom. The maximum absolute atomic E-state index is 13.0. The Hall–Kier alpha value is -2.46. The van der Waals surface area contributed by atoms with Crippen LogP contribution < -0.4 is 0 Å². The second-order valence-corrected chi connectivity index (χ2v) is 28.1. The van der Waals surface area contributed by atoms with E-state index in [4.69, 9.17) is 37.0 Å². The van der Waals surface area contributed by atoms with Crippen molar-refractivity contribution < 1.29 is 80.2 Å². The Labute approximate surface area is 535 Å². The van der Waals surface area contributed by atoms with Crippen molar-refractivity contribution in [1.29, 1.82) is 0 Å². The smallest absolute Gasteiger partial charge is 0.462 e. The second kappa shape index (κ2) is 59.5. The summed E-state index contributed by atoms with van der Waals surface area (Å²) >= 11 is 0. The van der Waals surface area contributed by atoms with Crippen LogP contribution in [-0.4, -0.2) is 96.7 Å². The summed E-state index contributed by atoms with van der Waals surface area (Å²) < 4.78 is 68.2. The molecular formula is C69H130O17P2. The van der Waals surface area contributed by atoms with E-state index < -0.39 is 97.5 Å². The zero-order valence-corrected chi connectivity index (χ0v) is 58.5. The zero-order valence-electron chi connectivity index (χ0n) is 56.7. The van der Waals surface area contributed by atoms with Crippen LogP contribution in [0.25, 0.3) is 0 Å². The molecule has 0 amide bonds. The normalized spacial score (nSPS) is 15.0. The molecule has 0 aromatic carbocycles. The first-order chi connectivity index (χ1) is 42.3. The summed E-state index contributed by atoms with van der Waals surface area (Å²) in [4.78, 5) is 72.4. The van der Waals surface area contributed by atoms with E-state index in [1.807, 2.05) is 0 Å². The van der Waals surface area contributed by atoms with Gasteiger partial charge in [-0.1, -0.05) is 265 Å². The van der Waals surface area contributed by atoms with Gasteiger partial charge in [0.1, 0.15) is 19.3 Å². The van der Waals surface area contributed by atoms with Gasteiger partial charge < -0.3 is 33.8 Å². The highest BCUT2D eigenvalue weighted by atomic mass is 31.2. The van der Waals surface area contributed by atoms with Crippen molar-refractivity contribution in [3.63, 3.8) is 0 Å². The summed E-state index contributed by atoms with van der Waals surface area (Å²) in [5.74, 6) is 0.0406. The third-order valence-corrected chi connectivity index (χ3v) is 17.9. The second-order valence-electron chi connectivity index (χ2n) is 25.2. The number of aliphatic hydroxyl groups excluding tert-OH is 1. The first-order valence-electron chi connectivity index (χ1n) is 35.2. The van der Waals surface area contributed by atoms with Crippen molar-refractivity contribution in [2.24, 2.45) is 17.8 Å². The van der Waals surface area contributed by atoms with E-state index in [0.29, 0.717) is 25.7 Å². The Kier molecular flexibility index (Phi) is 57.9. The van der Waals surface area contributed by atoms with Crippen molar-refractivity contribution in [3.8, 4) is 0 Å². The predicted octanol–water partition coefficient (Wildman–Crippen LogP) is 19.0. The third kappa shape index (κ3) is 59.8. The Morgan fingerprint density at radius 2 is 0.670 bits per heavy atom. The van der Waals surface area contributed by atoms with E-state index >= 15 is 0 Å². The molecule has 0 aromatic heterocycles. The van der Waals surface area contributed by atoms with Crippen LogP contribution in [0.5, 0.6) is 0 Å². The largest absolute Gasteiger partial charge is 0.472 e. The molecule has 19 heteroatoms. The highest BCUT2D eigenvalue weighted by Gasteiger charge is 2.30. The third-order valence-electron chi connectivity index (χ3n) is 16.0. The number of aliphatic hydroxyl groups is 1. The molecule has 0 radical (unpaired) electrons. The topological polar surface area (TPSA) is 237 Å². The van der Waals surface area contributed by atoms with Gasteiger partial charge in [-0.2, -0.15) is 0 Å². The van der Waals surface area contributed by atoms with E-state index in [1.54, 1.807) is 0 Å². The lowest BCUT2D eigenvalue weighted by molar-refractivity contribution is -0.161. The van der Waals surface area contributed by atoms with Crippen LogP contribution >= 0.6 is 15.6 Å². The lowest BCUT2D eigenvalue weighted by Crippen LogP contribution is -2.30. The van der Waals surface area contributed by atoms with Crippen LogP contribution in [0.2, 0.25) is 0 Å². The fourth-order valence-electron chi connectivity index (χ4n) is 9.76. The summed E-state index contributed by atoms with van der Waals surface area (Å²) in [5.41, 5.74) is 0. The van der Waals surface area contributed by atoms with Crippen molar-refractivity contribution in [1.82, 2.24) is 0 Å². The van der Waals surface area contributed by atoms with Crippen molar-refractivity contribution in [2.75, 3.05) is 39.6 Å². The summed E-state index contributed by atoms with van der Waals surface area (Å²) in [7, 11) is -9.91. The number of carbonyl (C=O) groups excluding carboxylic acids is 4. The number of unbranched alkanes of at least 4 members (excludes halogenated alkanes) is 28. The molecule has 0 heterocycles. The molecule has 0 bridgehead atoms. The molecule has 0 aromatic rings. The Balaban J connectivity index is 5.30. The average molecular weight is 1290 g/mol. The number of esters is 4. The molecule has 0 aliphatic carbocycles. The first-order valence-corrected chi connectivity index (χ1v) is 38.2. The number of rotatable bonds is 65. The number of carbonyl (C=O) groups is 4. The van der Waals surface area contributed by atoms with Crippen LogP contribution in [0.15, 0.2) is 24.3 Å². The number of hydrogen-bond acceptors (Lipinski definition) is 15. The van der Waals surface area contributed by atoms with Crippen LogP contribution in [0, 0.1) is 17.8 Å². The fraction of sp³-hybridized carbons (Fsp3) is 0.884.